The highest BCUT2D eigenvalue weighted by Gasteiger charge is 2.20. The van der Waals surface area contributed by atoms with Crippen molar-refractivity contribution in [2.24, 2.45) is 0 Å². The average Bonchev–Trinajstić information content (AvgIpc) is 2.93. The van der Waals surface area contributed by atoms with Gasteiger partial charge in [0.1, 0.15) is 22.3 Å². The minimum Gasteiger partial charge on any atom is -0.497 e. The van der Waals surface area contributed by atoms with Gasteiger partial charge in [0.05, 0.1) is 13.7 Å². The Morgan fingerprint density at radius 1 is 0.974 bits per heavy atom. The van der Waals surface area contributed by atoms with Crippen molar-refractivity contribution in [3.8, 4) is 23.3 Å². The minimum absolute atomic E-state index is 0.0291. The second-order valence-corrected chi connectivity index (χ2v) is 9.55. The standard InChI is InChI=1S/C29H24N2O6S/c1-3-36-28-18-20(11-16-27(28)37-38(33,34)24-14-12-23(35-2)13-15-24)17-22(19-30)29(32)31-26-10-6-8-21-7-4-5-9-25(21)26/h4-18H,3H2,1-2H3,(H,31,32)/b22-17+. The van der Waals surface area contributed by atoms with E-state index in [2.05, 4.69) is 5.32 Å². The molecule has 1 amide bonds. The van der Waals surface area contributed by atoms with Crippen molar-refractivity contribution in [2.75, 3.05) is 19.0 Å². The molecule has 4 aromatic rings. The third kappa shape index (κ3) is 5.94. The second-order valence-electron chi connectivity index (χ2n) is 8.00. The van der Waals surface area contributed by atoms with Crippen molar-refractivity contribution in [1.29, 1.82) is 5.26 Å². The molecule has 9 heteroatoms. The van der Waals surface area contributed by atoms with Crippen LogP contribution in [0.3, 0.4) is 0 Å². The fourth-order valence-electron chi connectivity index (χ4n) is 3.70. The molecule has 8 nitrogen and oxygen atoms in total. The molecule has 0 spiro atoms. The Morgan fingerprint density at radius 3 is 2.42 bits per heavy atom. The van der Waals surface area contributed by atoms with Crippen LogP contribution in [0.15, 0.2) is 95.4 Å². The van der Waals surface area contributed by atoms with Crippen LogP contribution in [0.5, 0.6) is 17.2 Å². The van der Waals surface area contributed by atoms with Crippen molar-refractivity contribution >= 4 is 38.6 Å². The van der Waals surface area contributed by atoms with Gasteiger partial charge in [-0.15, -0.1) is 0 Å². The van der Waals surface area contributed by atoms with Crippen molar-refractivity contribution in [2.45, 2.75) is 11.8 Å². The lowest BCUT2D eigenvalue weighted by molar-refractivity contribution is -0.112. The van der Waals surface area contributed by atoms with Gasteiger partial charge in [-0.05, 0) is 66.4 Å². The minimum atomic E-state index is -4.15. The molecular weight excluding hydrogens is 504 g/mol. The SMILES string of the molecule is CCOc1cc(/C=C(\C#N)C(=O)Nc2cccc3ccccc23)ccc1OS(=O)(=O)c1ccc(OC)cc1. The van der Waals surface area contributed by atoms with Crippen LogP contribution in [0.1, 0.15) is 12.5 Å². The molecule has 0 atom stereocenters. The maximum Gasteiger partial charge on any atom is 0.339 e. The van der Waals surface area contributed by atoms with Gasteiger partial charge in [-0.25, -0.2) is 0 Å². The fraction of sp³-hybridized carbons (Fsp3) is 0.103. The Morgan fingerprint density at radius 2 is 1.71 bits per heavy atom. The molecule has 0 fully saturated rings. The number of nitrogens with one attached hydrogen (secondary N) is 1. The molecule has 1 N–H and O–H groups in total. The van der Waals surface area contributed by atoms with Gasteiger partial charge in [0.25, 0.3) is 5.91 Å². The first kappa shape index (κ1) is 26.3. The molecule has 4 rings (SSSR count). The maximum atomic E-state index is 12.9. The number of anilines is 1. The van der Waals surface area contributed by atoms with Crippen LogP contribution < -0.4 is 19.0 Å². The highest BCUT2D eigenvalue weighted by atomic mass is 32.2. The van der Waals surface area contributed by atoms with E-state index in [1.807, 2.05) is 42.5 Å². The first-order valence-electron chi connectivity index (χ1n) is 11.6. The monoisotopic (exact) mass is 528 g/mol. The summed E-state index contributed by atoms with van der Waals surface area (Å²) in [6.45, 7) is 1.97. The molecule has 0 aliphatic rings. The highest BCUT2D eigenvalue weighted by molar-refractivity contribution is 7.87. The second kappa shape index (κ2) is 11.5. The van der Waals surface area contributed by atoms with Crippen molar-refractivity contribution in [3.63, 3.8) is 0 Å². The van der Waals surface area contributed by atoms with E-state index in [9.17, 15) is 18.5 Å². The van der Waals surface area contributed by atoms with Gasteiger partial charge >= 0.3 is 10.1 Å². The van der Waals surface area contributed by atoms with Gasteiger partial charge in [-0.3, -0.25) is 4.79 Å². The van der Waals surface area contributed by atoms with Gasteiger partial charge in [0.15, 0.2) is 11.5 Å². The molecule has 0 aromatic heterocycles. The van der Waals surface area contributed by atoms with Crippen LogP contribution >= 0.6 is 0 Å². The lowest BCUT2D eigenvalue weighted by atomic mass is 10.1. The van der Waals surface area contributed by atoms with Crippen LogP contribution in [0, 0.1) is 11.3 Å². The molecular formula is C29H24N2O6S. The number of benzene rings is 4. The third-order valence-corrected chi connectivity index (χ3v) is 6.78. The Labute approximate surface area is 220 Å². The summed E-state index contributed by atoms with van der Waals surface area (Å²) in [6, 6.07) is 25.2. The van der Waals surface area contributed by atoms with Gasteiger partial charge in [0, 0.05) is 11.1 Å². The van der Waals surface area contributed by atoms with Gasteiger partial charge in [-0.2, -0.15) is 13.7 Å². The van der Waals surface area contributed by atoms with E-state index >= 15 is 0 Å². The first-order valence-corrected chi connectivity index (χ1v) is 13.0. The molecule has 0 aliphatic carbocycles. The van der Waals surface area contributed by atoms with E-state index in [-0.39, 0.29) is 28.6 Å². The number of fused-ring (bicyclic) bond motifs is 1. The van der Waals surface area contributed by atoms with Crippen molar-refractivity contribution < 1.29 is 26.9 Å². The lowest BCUT2D eigenvalue weighted by Gasteiger charge is -2.13. The number of hydrogen-bond donors (Lipinski definition) is 1. The van der Waals surface area contributed by atoms with E-state index in [4.69, 9.17) is 13.7 Å². The topological polar surface area (TPSA) is 115 Å². The summed E-state index contributed by atoms with van der Waals surface area (Å²) in [6.07, 6.45) is 1.39. The number of hydrogen-bond acceptors (Lipinski definition) is 7. The Balaban J connectivity index is 1.59. The number of methoxy groups -OCH3 is 1. The predicted octanol–water partition coefficient (Wildman–Crippen LogP) is 5.56. The lowest BCUT2D eigenvalue weighted by Crippen LogP contribution is -2.13. The summed E-state index contributed by atoms with van der Waals surface area (Å²) < 4.78 is 41.6. The fourth-order valence-corrected chi connectivity index (χ4v) is 4.64. The summed E-state index contributed by atoms with van der Waals surface area (Å²) in [7, 11) is -2.67. The number of carbonyl (C=O) groups excluding carboxylic acids is 1. The van der Waals surface area contributed by atoms with Gasteiger partial charge in [0.2, 0.25) is 0 Å². The molecule has 0 saturated carbocycles. The molecule has 0 aliphatic heterocycles. The molecule has 38 heavy (non-hydrogen) atoms. The van der Waals surface area contributed by atoms with E-state index in [0.717, 1.165) is 10.8 Å². The number of nitrogens with zero attached hydrogens (tertiary/aromatic N) is 1. The number of ether oxygens (including phenoxy) is 2. The molecule has 0 radical (unpaired) electrons. The van der Waals surface area contributed by atoms with Crippen LogP contribution in [-0.2, 0) is 14.9 Å². The normalized spacial score (nSPS) is 11.4. The quantitative estimate of drug-likeness (QED) is 0.172. The third-order valence-electron chi connectivity index (χ3n) is 5.53. The number of carbonyl (C=O) groups is 1. The van der Waals surface area contributed by atoms with E-state index in [0.29, 0.717) is 17.0 Å². The molecule has 4 aromatic carbocycles. The smallest absolute Gasteiger partial charge is 0.339 e. The Bertz CT molecular complexity index is 1650. The molecule has 0 unspecified atom stereocenters. The van der Waals surface area contributed by atoms with Gasteiger partial charge < -0.3 is 19.0 Å². The van der Waals surface area contributed by atoms with Crippen molar-refractivity contribution in [1.82, 2.24) is 0 Å². The van der Waals surface area contributed by atoms with Crippen molar-refractivity contribution in [3.05, 3.63) is 96.1 Å². The van der Waals surface area contributed by atoms with Crippen LogP contribution in [-0.4, -0.2) is 28.0 Å². The predicted molar refractivity (Wildman–Crippen MR) is 145 cm³/mol. The molecule has 0 heterocycles. The van der Waals surface area contributed by atoms with E-state index in [1.54, 1.807) is 13.0 Å². The van der Waals surface area contributed by atoms with Crippen LogP contribution in [0.25, 0.3) is 16.8 Å². The molecule has 0 bridgehead atoms. The van der Waals surface area contributed by atoms with Crippen LogP contribution in [0.2, 0.25) is 0 Å². The zero-order valence-electron chi connectivity index (χ0n) is 20.7. The average molecular weight is 529 g/mol. The number of nitriles is 1. The summed E-state index contributed by atoms with van der Waals surface area (Å²) >= 11 is 0. The summed E-state index contributed by atoms with van der Waals surface area (Å²) in [5.74, 6) is 0.0423. The van der Waals surface area contributed by atoms with Gasteiger partial charge in [-0.1, -0.05) is 42.5 Å². The summed E-state index contributed by atoms with van der Waals surface area (Å²) in [4.78, 5) is 12.9. The highest BCUT2D eigenvalue weighted by Crippen LogP contribution is 2.32. The Hall–Kier alpha value is -4.81. The number of amides is 1. The van der Waals surface area contributed by atoms with Crippen LogP contribution in [0.4, 0.5) is 5.69 Å². The summed E-state index contributed by atoms with van der Waals surface area (Å²) in [5, 5.41) is 14.3. The maximum absolute atomic E-state index is 12.9. The molecule has 0 saturated heterocycles. The largest absolute Gasteiger partial charge is 0.497 e. The number of rotatable bonds is 9. The van der Waals surface area contributed by atoms with E-state index in [1.165, 1.54) is 55.7 Å². The zero-order valence-corrected chi connectivity index (χ0v) is 21.5. The Kier molecular flexibility index (Phi) is 7.94. The van der Waals surface area contributed by atoms with E-state index < -0.39 is 16.0 Å². The molecule has 192 valence electrons. The summed E-state index contributed by atoms with van der Waals surface area (Å²) in [5.41, 5.74) is 0.893. The first-order chi connectivity index (χ1) is 18.3. The zero-order chi connectivity index (χ0) is 27.1.